The number of aliphatic carboxylic acids is 1. The summed E-state index contributed by atoms with van der Waals surface area (Å²) in [5.74, 6) is 0.0144. The van der Waals surface area contributed by atoms with E-state index in [1.54, 1.807) is 30.4 Å². The minimum Gasteiger partial charge on any atom is -0.480 e. The molecule has 0 amide bonds. The second-order valence-electron chi connectivity index (χ2n) is 4.01. The van der Waals surface area contributed by atoms with Crippen molar-refractivity contribution in [2.45, 2.75) is 30.5 Å². The number of hydrogen-bond acceptors (Lipinski definition) is 5. The Bertz CT molecular complexity index is 382. The van der Waals surface area contributed by atoms with Crippen molar-refractivity contribution in [3.8, 4) is 0 Å². The number of carboxylic acid groups (broad SMARTS) is 1. The first-order chi connectivity index (χ1) is 7.99. The van der Waals surface area contributed by atoms with Crippen LogP contribution in [-0.4, -0.2) is 44.2 Å². The van der Waals surface area contributed by atoms with Gasteiger partial charge in [-0.2, -0.15) is 5.10 Å². The van der Waals surface area contributed by atoms with Crippen LogP contribution in [0.3, 0.4) is 0 Å². The average Bonchev–Trinajstić information content (AvgIpc) is 2.70. The largest absolute Gasteiger partial charge is 0.480 e. The number of carboxylic acids is 1. The van der Waals surface area contributed by atoms with Crippen molar-refractivity contribution in [2.24, 2.45) is 7.05 Å². The molecule has 0 radical (unpaired) electrons. The smallest absolute Gasteiger partial charge is 0.323 e. The Morgan fingerprint density at radius 3 is 2.88 bits per heavy atom. The number of hydrogen-bond donors (Lipinski definition) is 2. The molecule has 2 N–H and O–H groups in total. The van der Waals surface area contributed by atoms with E-state index in [0.717, 1.165) is 17.3 Å². The SMILES string of the molecule is CNC(C)(CCCSc1ncnn1C)C(=O)O. The van der Waals surface area contributed by atoms with E-state index >= 15 is 0 Å². The van der Waals surface area contributed by atoms with Gasteiger partial charge < -0.3 is 10.4 Å². The number of likely N-dealkylation sites (N-methyl/N-ethyl adjacent to an activating group) is 1. The molecule has 1 aromatic rings. The third-order valence-electron chi connectivity index (χ3n) is 2.75. The van der Waals surface area contributed by atoms with Crippen molar-refractivity contribution in [2.75, 3.05) is 12.8 Å². The van der Waals surface area contributed by atoms with E-state index in [-0.39, 0.29) is 0 Å². The van der Waals surface area contributed by atoms with Gasteiger partial charge in [0.2, 0.25) is 0 Å². The van der Waals surface area contributed by atoms with Gasteiger partial charge in [0.15, 0.2) is 5.16 Å². The van der Waals surface area contributed by atoms with Gasteiger partial charge in [-0.25, -0.2) is 9.67 Å². The predicted octanol–water partition coefficient (Wildman–Crippen LogP) is 0.750. The summed E-state index contributed by atoms with van der Waals surface area (Å²) in [5.41, 5.74) is -0.847. The number of nitrogens with one attached hydrogen (secondary N) is 1. The zero-order valence-corrected chi connectivity index (χ0v) is 11.1. The molecule has 6 nitrogen and oxygen atoms in total. The van der Waals surface area contributed by atoms with E-state index in [0.29, 0.717) is 6.42 Å². The number of aryl methyl sites for hydroxylation is 1. The standard InChI is InChI=1S/C10H18N4O2S/c1-10(11-2,8(15)16)5-4-6-17-9-12-7-13-14(9)3/h7,11H,4-6H2,1-3H3,(H,15,16). The van der Waals surface area contributed by atoms with E-state index < -0.39 is 11.5 Å². The minimum absolute atomic E-state index is 0.587. The zero-order chi connectivity index (χ0) is 12.9. The van der Waals surface area contributed by atoms with Gasteiger partial charge in [0, 0.05) is 12.8 Å². The van der Waals surface area contributed by atoms with E-state index in [1.807, 2.05) is 7.05 Å². The van der Waals surface area contributed by atoms with Crippen LogP contribution in [0.5, 0.6) is 0 Å². The van der Waals surface area contributed by atoms with Gasteiger partial charge in [-0.15, -0.1) is 0 Å². The minimum atomic E-state index is -0.847. The third-order valence-corrected chi connectivity index (χ3v) is 3.87. The lowest BCUT2D eigenvalue weighted by Gasteiger charge is -2.23. The van der Waals surface area contributed by atoms with Crippen LogP contribution < -0.4 is 5.32 Å². The molecule has 1 atom stereocenters. The van der Waals surface area contributed by atoms with Gasteiger partial charge in [-0.05, 0) is 26.8 Å². The second-order valence-corrected chi connectivity index (χ2v) is 5.07. The van der Waals surface area contributed by atoms with Crippen molar-refractivity contribution in [3.63, 3.8) is 0 Å². The van der Waals surface area contributed by atoms with Gasteiger partial charge in [-0.1, -0.05) is 11.8 Å². The van der Waals surface area contributed by atoms with Crippen LogP contribution in [0.15, 0.2) is 11.5 Å². The monoisotopic (exact) mass is 258 g/mol. The zero-order valence-electron chi connectivity index (χ0n) is 10.3. The number of carbonyl (C=O) groups is 1. The van der Waals surface area contributed by atoms with Crippen LogP contribution in [-0.2, 0) is 11.8 Å². The fourth-order valence-corrected chi connectivity index (χ4v) is 2.17. The summed E-state index contributed by atoms with van der Waals surface area (Å²) in [6, 6.07) is 0. The molecule has 0 spiro atoms. The van der Waals surface area contributed by atoms with E-state index in [2.05, 4.69) is 15.4 Å². The number of thioether (sulfide) groups is 1. The summed E-state index contributed by atoms with van der Waals surface area (Å²) < 4.78 is 1.71. The van der Waals surface area contributed by atoms with Gasteiger partial charge >= 0.3 is 5.97 Å². The predicted molar refractivity (Wildman–Crippen MR) is 66.1 cm³/mol. The molecule has 0 aliphatic rings. The highest BCUT2D eigenvalue weighted by Crippen LogP contribution is 2.19. The van der Waals surface area contributed by atoms with E-state index in [4.69, 9.17) is 5.11 Å². The number of aromatic nitrogens is 3. The fourth-order valence-electron chi connectivity index (χ4n) is 1.34. The highest BCUT2D eigenvalue weighted by Gasteiger charge is 2.30. The summed E-state index contributed by atoms with van der Waals surface area (Å²) in [6.45, 7) is 1.70. The third kappa shape index (κ3) is 3.71. The molecule has 1 unspecified atom stereocenters. The van der Waals surface area contributed by atoms with Crippen LogP contribution in [0.1, 0.15) is 19.8 Å². The molecule has 0 aliphatic carbocycles. The molecule has 0 bridgehead atoms. The Labute approximate surface area is 105 Å². The van der Waals surface area contributed by atoms with E-state index in [9.17, 15) is 4.79 Å². The molecule has 1 heterocycles. The first-order valence-electron chi connectivity index (χ1n) is 5.38. The lowest BCUT2D eigenvalue weighted by molar-refractivity contribution is -0.144. The molecule has 17 heavy (non-hydrogen) atoms. The van der Waals surface area contributed by atoms with Gasteiger partial charge in [-0.3, -0.25) is 4.79 Å². The maximum absolute atomic E-state index is 11.0. The van der Waals surface area contributed by atoms with Crippen LogP contribution in [0.4, 0.5) is 0 Å². The maximum Gasteiger partial charge on any atom is 0.323 e. The van der Waals surface area contributed by atoms with Crippen molar-refractivity contribution in [3.05, 3.63) is 6.33 Å². The average molecular weight is 258 g/mol. The quantitative estimate of drug-likeness (QED) is 0.555. The van der Waals surface area contributed by atoms with Crippen molar-refractivity contribution < 1.29 is 9.90 Å². The Balaban J connectivity index is 2.33. The Kier molecular flexibility index (Phi) is 4.95. The molecule has 0 aromatic carbocycles. The highest BCUT2D eigenvalue weighted by molar-refractivity contribution is 7.99. The molecule has 0 saturated heterocycles. The molecule has 96 valence electrons. The summed E-state index contributed by atoms with van der Waals surface area (Å²) in [5, 5.41) is 16.7. The second kappa shape index (κ2) is 6.02. The Morgan fingerprint density at radius 1 is 1.71 bits per heavy atom. The lowest BCUT2D eigenvalue weighted by Crippen LogP contribution is -2.47. The summed E-state index contributed by atoms with van der Waals surface area (Å²) in [6.07, 6.45) is 2.90. The molecule has 0 saturated carbocycles. The van der Waals surface area contributed by atoms with Gasteiger partial charge in [0.25, 0.3) is 0 Å². The van der Waals surface area contributed by atoms with Crippen LogP contribution in [0.2, 0.25) is 0 Å². The lowest BCUT2D eigenvalue weighted by atomic mass is 9.97. The van der Waals surface area contributed by atoms with Crippen LogP contribution in [0.25, 0.3) is 0 Å². The summed E-state index contributed by atoms with van der Waals surface area (Å²) >= 11 is 1.59. The normalized spacial score (nSPS) is 14.5. The van der Waals surface area contributed by atoms with Gasteiger partial charge in [0.05, 0.1) is 0 Å². The molecule has 7 heteroatoms. The fraction of sp³-hybridized carbons (Fsp3) is 0.700. The Morgan fingerprint density at radius 2 is 2.41 bits per heavy atom. The maximum atomic E-state index is 11.0. The molecule has 0 aliphatic heterocycles. The molecule has 0 fully saturated rings. The first-order valence-corrected chi connectivity index (χ1v) is 6.37. The van der Waals surface area contributed by atoms with Gasteiger partial charge in [0.1, 0.15) is 11.9 Å². The van der Waals surface area contributed by atoms with E-state index in [1.165, 1.54) is 6.33 Å². The van der Waals surface area contributed by atoms with Crippen LogP contribution in [0, 0.1) is 0 Å². The highest BCUT2D eigenvalue weighted by atomic mass is 32.2. The topological polar surface area (TPSA) is 80.0 Å². The van der Waals surface area contributed by atoms with Crippen LogP contribution >= 0.6 is 11.8 Å². The number of rotatable bonds is 7. The molecule has 1 rings (SSSR count). The molecule has 1 aromatic heterocycles. The molecular formula is C10H18N4O2S. The molecular weight excluding hydrogens is 240 g/mol. The Hall–Kier alpha value is -1.08. The van der Waals surface area contributed by atoms with Crippen molar-refractivity contribution >= 4 is 17.7 Å². The first kappa shape index (κ1) is 14.0. The van der Waals surface area contributed by atoms with Crippen molar-refractivity contribution in [1.82, 2.24) is 20.1 Å². The summed E-state index contributed by atoms with van der Waals surface area (Å²) in [7, 11) is 3.51. The number of nitrogens with zero attached hydrogens (tertiary/aromatic N) is 3. The summed E-state index contributed by atoms with van der Waals surface area (Å²) in [4.78, 5) is 15.1. The van der Waals surface area contributed by atoms with Crippen molar-refractivity contribution in [1.29, 1.82) is 0 Å².